The van der Waals surface area contributed by atoms with E-state index >= 15 is 0 Å². The molecule has 0 saturated carbocycles. The number of rotatable bonds is 7. The average molecular weight is 572 g/mol. The largest absolute Gasteiger partial charge is 0.436 e. The van der Waals surface area contributed by atoms with Crippen molar-refractivity contribution in [3.05, 3.63) is 114 Å². The molecular weight excluding hydrogens is 550 g/mol. The van der Waals surface area contributed by atoms with Crippen LogP contribution in [-0.2, 0) is 26.2 Å². The molecule has 40 heavy (non-hydrogen) atoms. The molecular formula is C30H22ClN3O5S. The summed E-state index contributed by atoms with van der Waals surface area (Å²) in [6, 6.07) is 27.5. The van der Waals surface area contributed by atoms with Crippen LogP contribution in [0.3, 0.4) is 0 Å². The lowest BCUT2D eigenvalue weighted by Gasteiger charge is -2.27. The molecule has 1 saturated heterocycles. The fraction of sp³-hybridized carbons (Fsp3) is 0.100. The van der Waals surface area contributed by atoms with Gasteiger partial charge in [0.1, 0.15) is 11.6 Å². The summed E-state index contributed by atoms with van der Waals surface area (Å²) < 4.78 is 34.5. The maximum absolute atomic E-state index is 13.8. The topological polar surface area (TPSA) is 101 Å². The number of imide groups is 1. The summed E-state index contributed by atoms with van der Waals surface area (Å²) in [6.45, 7) is -0.0833. The zero-order chi connectivity index (χ0) is 27.9. The van der Waals surface area contributed by atoms with Gasteiger partial charge in [-0.1, -0.05) is 54.1 Å². The number of sulfonamides is 1. The molecule has 5 aromatic rings. The predicted molar refractivity (Wildman–Crippen MR) is 151 cm³/mol. The molecule has 1 aromatic heterocycles. The highest BCUT2D eigenvalue weighted by atomic mass is 35.5. The molecule has 1 unspecified atom stereocenters. The molecule has 0 radical (unpaired) electrons. The zero-order valence-corrected chi connectivity index (χ0v) is 22.5. The molecule has 10 heteroatoms. The predicted octanol–water partition coefficient (Wildman–Crippen LogP) is 5.67. The number of halogens is 1. The first-order chi connectivity index (χ1) is 19.3. The molecule has 0 bridgehead atoms. The number of fused-ring (bicyclic) bond motifs is 1. The molecule has 2 heterocycles. The molecule has 1 aliphatic heterocycles. The van der Waals surface area contributed by atoms with E-state index in [9.17, 15) is 18.0 Å². The monoisotopic (exact) mass is 571 g/mol. The summed E-state index contributed by atoms with van der Waals surface area (Å²) in [7, 11) is -4.16. The third-order valence-electron chi connectivity index (χ3n) is 6.74. The number of aromatic nitrogens is 1. The number of nitrogens with zero attached hydrogens (tertiary/aromatic N) is 3. The van der Waals surface area contributed by atoms with Crippen molar-refractivity contribution < 1.29 is 22.4 Å². The molecule has 8 nitrogen and oxygen atoms in total. The van der Waals surface area contributed by atoms with Crippen molar-refractivity contribution in [1.29, 1.82) is 0 Å². The van der Waals surface area contributed by atoms with E-state index in [1.54, 1.807) is 48.5 Å². The van der Waals surface area contributed by atoms with Crippen molar-refractivity contribution in [2.75, 3.05) is 4.90 Å². The summed E-state index contributed by atoms with van der Waals surface area (Å²) in [4.78, 5) is 32.4. The minimum atomic E-state index is -4.16. The summed E-state index contributed by atoms with van der Waals surface area (Å²) >= 11 is 5.97. The standard InChI is InChI=1S/C30H22ClN3O5S/c31-22-12-16-24(17-13-22)40(37,38)33(19-20-6-2-1-3-7-20)26-18-28(35)34(30(26)36)23-14-10-21(11-15-23)29-32-25-8-4-5-9-27(25)39-29/h1-17,26H,18-19H2. The first-order valence-corrected chi connectivity index (χ1v) is 14.3. The molecule has 0 spiro atoms. The number of amides is 2. The van der Waals surface area contributed by atoms with Crippen LogP contribution in [-0.4, -0.2) is 35.6 Å². The van der Waals surface area contributed by atoms with Gasteiger partial charge >= 0.3 is 0 Å². The van der Waals surface area contributed by atoms with Gasteiger partial charge in [0.2, 0.25) is 21.8 Å². The molecule has 0 N–H and O–H groups in total. The molecule has 200 valence electrons. The third-order valence-corrected chi connectivity index (χ3v) is 8.86. The Morgan fingerprint density at radius 2 is 1.55 bits per heavy atom. The van der Waals surface area contributed by atoms with Crippen molar-refractivity contribution in [2.24, 2.45) is 0 Å². The van der Waals surface area contributed by atoms with Crippen LogP contribution in [0.15, 0.2) is 112 Å². The Morgan fingerprint density at radius 1 is 0.875 bits per heavy atom. The summed E-state index contributed by atoms with van der Waals surface area (Å²) in [5.74, 6) is -0.699. The second-order valence-electron chi connectivity index (χ2n) is 9.31. The Balaban J connectivity index is 1.32. The minimum Gasteiger partial charge on any atom is -0.436 e. The van der Waals surface area contributed by atoms with E-state index < -0.39 is 27.9 Å². The highest BCUT2D eigenvalue weighted by Crippen LogP contribution is 2.32. The smallest absolute Gasteiger partial charge is 0.252 e. The van der Waals surface area contributed by atoms with Gasteiger partial charge in [0.15, 0.2) is 5.58 Å². The van der Waals surface area contributed by atoms with E-state index in [1.807, 2.05) is 30.3 Å². The van der Waals surface area contributed by atoms with Crippen LogP contribution in [0.2, 0.25) is 5.02 Å². The van der Waals surface area contributed by atoms with Crippen molar-refractivity contribution in [2.45, 2.75) is 23.9 Å². The molecule has 4 aromatic carbocycles. The number of benzene rings is 4. The Bertz CT molecular complexity index is 1790. The molecule has 1 atom stereocenters. The van der Waals surface area contributed by atoms with Crippen LogP contribution in [0.5, 0.6) is 0 Å². The van der Waals surface area contributed by atoms with Crippen molar-refractivity contribution in [3.8, 4) is 11.5 Å². The molecule has 1 aliphatic rings. The number of oxazole rings is 1. The normalized spacial score (nSPS) is 15.8. The van der Waals surface area contributed by atoms with Gasteiger partial charge in [0, 0.05) is 17.1 Å². The zero-order valence-electron chi connectivity index (χ0n) is 21.0. The second kappa shape index (κ2) is 10.3. The highest BCUT2D eigenvalue weighted by Gasteiger charge is 2.47. The van der Waals surface area contributed by atoms with Crippen LogP contribution in [0, 0.1) is 0 Å². The van der Waals surface area contributed by atoms with Crippen LogP contribution in [0.4, 0.5) is 5.69 Å². The Kier molecular flexibility index (Phi) is 6.71. The highest BCUT2D eigenvalue weighted by molar-refractivity contribution is 7.89. The lowest BCUT2D eigenvalue weighted by atomic mass is 10.2. The van der Waals surface area contributed by atoms with Crippen LogP contribution in [0.25, 0.3) is 22.6 Å². The van der Waals surface area contributed by atoms with E-state index in [0.29, 0.717) is 33.3 Å². The maximum atomic E-state index is 13.8. The minimum absolute atomic E-state index is 0.0192. The fourth-order valence-corrected chi connectivity index (χ4v) is 6.42. The third kappa shape index (κ3) is 4.79. The number of hydrogen-bond acceptors (Lipinski definition) is 6. The van der Waals surface area contributed by atoms with E-state index in [-0.39, 0.29) is 17.9 Å². The lowest BCUT2D eigenvalue weighted by Crippen LogP contribution is -2.45. The molecule has 6 rings (SSSR count). The van der Waals surface area contributed by atoms with E-state index in [0.717, 1.165) is 14.7 Å². The number of anilines is 1. The first kappa shape index (κ1) is 25.9. The lowest BCUT2D eigenvalue weighted by molar-refractivity contribution is -0.122. The summed E-state index contributed by atoms with van der Waals surface area (Å²) in [5, 5.41) is 0.383. The molecule has 1 fully saturated rings. The van der Waals surface area contributed by atoms with Crippen molar-refractivity contribution in [3.63, 3.8) is 0 Å². The summed E-state index contributed by atoms with van der Waals surface area (Å²) in [5.41, 5.74) is 3.05. The van der Waals surface area contributed by atoms with E-state index in [1.165, 1.54) is 24.3 Å². The molecule has 2 amide bonds. The van der Waals surface area contributed by atoms with Crippen LogP contribution in [0.1, 0.15) is 12.0 Å². The van der Waals surface area contributed by atoms with Gasteiger partial charge in [0.25, 0.3) is 5.91 Å². The Hall–Kier alpha value is -4.31. The summed E-state index contributed by atoms with van der Waals surface area (Å²) in [6.07, 6.45) is -0.286. The van der Waals surface area contributed by atoms with Gasteiger partial charge in [-0.05, 0) is 66.2 Å². The fourth-order valence-electron chi connectivity index (χ4n) is 4.73. The van der Waals surface area contributed by atoms with Gasteiger partial charge in [-0.15, -0.1) is 0 Å². The Morgan fingerprint density at radius 3 is 2.25 bits per heavy atom. The first-order valence-electron chi connectivity index (χ1n) is 12.5. The van der Waals surface area contributed by atoms with Crippen LogP contribution < -0.4 is 4.90 Å². The Labute approximate surface area is 235 Å². The van der Waals surface area contributed by atoms with Crippen molar-refractivity contribution in [1.82, 2.24) is 9.29 Å². The van der Waals surface area contributed by atoms with Gasteiger partial charge in [-0.2, -0.15) is 4.31 Å². The average Bonchev–Trinajstić information content (AvgIpc) is 3.53. The van der Waals surface area contributed by atoms with Gasteiger partial charge in [-0.25, -0.2) is 18.3 Å². The van der Waals surface area contributed by atoms with Crippen molar-refractivity contribution >= 4 is 50.2 Å². The maximum Gasteiger partial charge on any atom is 0.252 e. The number of carbonyl (C=O) groups is 2. The van der Waals surface area contributed by atoms with E-state index in [4.69, 9.17) is 16.0 Å². The van der Waals surface area contributed by atoms with Crippen LogP contribution >= 0.6 is 11.6 Å². The number of para-hydroxylation sites is 2. The van der Waals surface area contributed by atoms with Gasteiger partial charge in [0.05, 0.1) is 17.0 Å². The number of hydrogen-bond donors (Lipinski definition) is 0. The molecule has 0 aliphatic carbocycles. The number of carbonyl (C=O) groups excluding carboxylic acids is 2. The SMILES string of the molecule is O=C1CC(N(Cc2ccccc2)S(=O)(=O)c2ccc(Cl)cc2)C(=O)N1c1ccc(-c2nc3ccccc3o2)cc1. The van der Waals surface area contributed by atoms with E-state index in [2.05, 4.69) is 4.98 Å². The quantitative estimate of drug-likeness (QED) is 0.233. The second-order valence-corrected chi connectivity index (χ2v) is 11.6. The van der Waals surface area contributed by atoms with Gasteiger partial charge in [-0.3, -0.25) is 9.59 Å². The van der Waals surface area contributed by atoms with Gasteiger partial charge < -0.3 is 4.42 Å².